The van der Waals surface area contributed by atoms with Crippen molar-refractivity contribution in [2.24, 2.45) is 28.4 Å². The van der Waals surface area contributed by atoms with E-state index in [1.807, 2.05) is 0 Å². The zero-order chi connectivity index (χ0) is 34.2. The number of likely N-dealkylation sites (tertiary alicyclic amines) is 1. The molecule has 4 aliphatic rings. The van der Waals surface area contributed by atoms with Crippen molar-refractivity contribution >= 4 is 39.2 Å². The van der Waals surface area contributed by atoms with Gasteiger partial charge in [0.2, 0.25) is 17.7 Å². The van der Waals surface area contributed by atoms with Crippen LogP contribution in [0.4, 0.5) is 27.6 Å². The SMILES string of the molecule is CC(=O)N1CCN(c2ccc(S(=O)(=O)C3CC(C(=O)N4CC(F)(F)C4)C(C(=O)O)(C4CC4(C#N)C(N)=O)C3)c(C(F)(F)F)c2)CC1. The molecule has 5 atom stereocenters. The van der Waals surface area contributed by atoms with E-state index in [-0.39, 0.29) is 37.8 Å². The molecule has 1 aromatic rings. The van der Waals surface area contributed by atoms with Crippen LogP contribution >= 0.6 is 0 Å². The second-order valence-electron chi connectivity index (χ2n) is 12.4. The molecule has 0 aromatic heterocycles. The summed E-state index contributed by atoms with van der Waals surface area (Å²) in [5, 5.41) is 18.3. The normalized spacial score (nSPS) is 30.7. The number of amides is 3. The van der Waals surface area contributed by atoms with Crippen LogP contribution in [0.1, 0.15) is 31.7 Å². The molecule has 4 fully saturated rings. The first kappa shape index (κ1) is 33.4. The summed E-state index contributed by atoms with van der Waals surface area (Å²) in [6.45, 7) is -0.00890. The molecule has 2 saturated carbocycles. The smallest absolute Gasteiger partial charge is 0.417 e. The second-order valence-corrected chi connectivity index (χ2v) is 14.6. The van der Waals surface area contributed by atoms with Crippen molar-refractivity contribution in [1.29, 1.82) is 5.26 Å². The second kappa shape index (κ2) is 10.8. The maximum absolute atomic E-state index is 14.4. The van der Waals surface area contributed by atoms with Crippen LogP contribution in [0.25, 0.3) is 0 Å². The monoisotopic (exact) mass is 675 g/mol. The number of carboxylic acids is 1. The largest absolute Gasteiger partial charge is 0.481 e. The predicted molar refractivity (Wildman–Crippen MR) is 147 cm³/mol. The van der Waals surface area contributed by atoms with Crippen molar-refractivity contribution in [3.05, 3.63) is 23.8 Å². The molecule has 3 amide bonds. The van der Waals surface area contributed by atoms with E-state index in [9.17, 15) is 59.9 Å². The Morgan fingerprint density at radius 3 is 2.11 bits per heavy atom. The van der Waals surface area contributed by atoms with Gasteiger partial charge in [-0.1, -0.05) is 0 Å². The van der Waals surface area contributed by atoms with E-state index in [0.717, 1.165) is 12.1 Å². The first-order chi connectivity index (χ1) is 21.2. The number of hydrogen-bond donors (Lipinski definition) is 2. The minimum atomic E-state index is -5.20. The van der Waals surface area contributed by atoms with Crippen molar-refractivity contribution in [2.75, 3.05) is 44.2 Å². The fourth-order valence-electron chi connectivity index (χ4n) is 7.27. The molecular weight excluding hydrogens is 645 g/mol. The summed E-state index contributed by atoms with van der Waals surface area (Å²) in [6.07, 6.45) is -7.46. The third kappa shape index (κ3) is 5.21. The summed E-state index contributed by atoms with van der Waals surface area (Å²) in [5.41, 5.74) is -0.696. The average Bonchev–Trinajstić information content (AvgIpc) is 3.59. The lowest BCUT2D eigenvalue weighted by Gasteiger charge is -2.42. The fraction of sp³-hybridized carbons (Fsp3) is 0.607. The number of nitriles is 1. The van der Waals surface area contributed by atoms with Gasteiger partial charge in [0, 0.05) is 44.7 Å². The molecule has 5 rings (SSSR count). The first-order valence-corrected chi connectivity index (χ1v) is 15.8. The summed E-state index contributed by atoms with van der Waals surface area (Å²) in [6, 6.07) is 4.20. The van der Waals surface area contributed by atoms with Crippen molar-refractivity contribution in [3.63, 3.8) is 0 Å². The lowest BCUT2D eigenvalue weighted by Crippen LogP contribution is -2.61. The third-order valence-electron chi connectivity index (χ3n) is 9.86. The molecule has 18 heteroatoms. The van der Waals surface area contributed by atoms with Gasteiger partial charge < -0.3 is 25.5 Å². The molecule has 5 unspecified atom stereocenters. The molecule has 3 N–H and O–H groups in total. The summed E-state index contributed by atoms with van der Waals surface area (Å²) in [7, 11) is -5.07. The number of benzene rings is 1. The Labute approximate surface area is 259 Å². The average molecular weight is 676 g/mol. The van der Waals surface area contributed by atoms with Gasteiger partial charge in [0.15, 0.2) is 9.84 Å². The van der Waals surface area contributed by atoms with Crippen LogP contribution in [-0.2, 0) is 35.2 Å². The van der Waals surface area contributed by atoms with Gasteiger partial charge in [-0.25, -0.2) is 17.2 Å². The van der Waals surface area contributed by atoms with Gasteiger partial charge in [0.05, 0.1) is 46.2 Å². The number of primary amides is 1. The first-order valence-electron chi connectivity index (χ1n) is 14.3. The van der Waals surface area contributed by atoms with Gasteiger partial charge in [-0.2, -0.15) is 18.4 Å². The molecular formula is C28H30F5N5O7S. The molecule has 46 heavy (non-hydrogen) atoms. The van der Waals surface area contributed by atoms with Gasteiger partial charge >= 0.3 is 12.1 Å². The highest BCUT2D eigenvalue weighted by Gasteiger charge is 2.76. The van der Waals surface area contributed by atoms with Crippen molar-refractivity contribution in [3.8, 4) is 6.07 Å². The van der Waals surface area contributed by atoms with Crippen LogP contribution in [0.15, 0.2) is 23.1 Å². The van der Waals surface area contributed by atoms with Crippen LogP contribution in [-0.4, -0.2) is 97.5 Å². The van der Waals surface area contributed by atoms with Crippen molar-refractivity contribution < 1.29 is 54.7 Å². The van der Waals surface area contributed by atoms with E-state index in [1.54, 1.807) is 11.0 Å². The highest BCUT2D eigenvalue weighted by atomic mass is 32.2. The minimum Gasteiger partial charge on any atom is -0.481 e. The van der Waals surface area contributed by atoms with Crippen LogP contribution in [0.3, 0.4) is 0 Å². The maximum atomic E-state index is 14.4. The Bertz CT molecular complexity index is 1650. The van der Waals surface area contributed by atoms with Crippen molar-refractivity contribution in [1.82, 2.24) is 9.80 Å². The zero-order valence-corrected chi connectivity index (χ0v) is 25.2. The van der Waals surface area contributed by atoms with Gasteiger partial charge in [-0.15, -0.1) is 0 Å². The Morgan fingerprint density at radius 1 is 1.04 bits per heavy atom. The number of alkyl halides is 5. The number of aliphatic carboxylic acids is 1. The van der Waals surface area contributed by atoms with E-state index in [2.05, 4.69) is 0 Å². The Kier molecular flexibility index (Phi) is 7.81. The molecule has 0 spiro atoms. The Morgan fingerprint density at radius 2 is 1.65 bits per heavy atom. The number of nitrogens with zero attached hydrogens (tertiary/aromatic N) is 4. The van der Waals surface area contributed by atoms with E-state index in [4.69, 9.17) is 5.73 Å². The minimum absolute atomic E-state index is 0.0331. The highest BCUT2D eigenvalue weighted by molar-refractivity contribution is 7.92. The maximum Gasteiger partial charge on any atom is 0.417 e. The number of carboxylic acid groups (broad SMARTS) is 1. The zero-order valence-electron chi connectivity index (χ0n) is 24.4. The van der Waals surface area contributed by atoms with Crippen LogP contribution in [0, 0.1) is 34.0 Å². The van der Waals surface area contributed by atoms with Gasteiger partial charge in [0.25, 0.3) is 5.92 Å². The standard InChI is InChI=1S/C28H30F5N5O7S/c1-15(39)36-4-6-37(7-5-36)16-2-3-20(18(8-16)28(31,32)33)46(44,45)17-9-19(22(40)38-13-26(29,30)14-38)27(10-17,24(42)43)21-11-25(21,12-34)23(35)41/h2-3,8,17,19,21H,4-7,9-11,13-14H2,1H3,(H2,35,41)(H,42,43). The molecule has 2 aliphatic carbocycles. The van der Waals surface area contributed by atoms with E-state index in [1.165, 1.54) is 11.8 Å². The summed E-state index contributed by atoms with van der Waals surface area (Å²) in [4.78, 5) is 52.8. The van der Waals surface area contributed by atoms with Crippen LogP contribution < -0.4 is 10.6 Å². The lowest BCUT2D eigenvalue weighted by molar-refractivity contribution is -0.177. The number of piperazine rings is 1. The number of carbonyl (C=O) groups is 4. The van der Waals surface area contributed by atoms with Gasteiger partial charge in [-0.05, 0) is 37.5 Å². The topological polar surface area (TPSA) is 182 Å². The summed E-state index contributed by atoms with van der Waals surface area (Å²) < 4.78 is 98.6. The van der Waals surface area contributed by atoms with Gasteiger partial charge in [-0.3, -0.25) is 19.2 Å². The third-order valence-corrected chi connectivity index (χ3v) is 12.1. The summed E-state index contributed by atoms with van der Waals surface area (Å²) in [5.74, 6) is -11.0. The number of carbonyl (C=O) groups excluding carboxylic acids is 3. The predicted octanol–water partition coefficient (Wildman–Crippen LogP) is 1.49. The van der Waals surface area contributed by atoms with E-state index in [0.29, 0.717) is 11.0 Å². The molecule has 12 nitrogen and oxygen atoms in total. The fourth-order valence-corrected chi connectivity index (χ4v) is 9.31. The Balaban J connectivity index is 1.54. The van der Waals surface area contributed by atoms with Crippen LogP contribution in [0.2, 0.25) is 0 Å². The quantitative estimate of drug-likeness (QED) is 0.405. The van der Waals surface area contributed by atoms with Crippen molar-refractivity contribution in [2.45, 2.75) is 48.4 Å². The highest BCUT2D eigenvalue weighted by Crippen LogP contribution is 2.68. The molecule has 2 aliphatic heterocycles. The number of anilines is 1. The number of hydrogen-bond acceptors (Lipinski definition) is 8. The van der Waals surface area contributed by atoms with Crippen LogP contribution in [0.5, 0.6) is 0 Å². The number of halogens is 5. The molecule has 1 aromatic carbocycles. The number of rotatable bonds is 7. The molecule has 0 radical (unpaired) electrons. The molecule has 2 heterocycles. The van der Waals surface area contributed by atoms with Gasteiger partial charge in [0.1, 0.15) is 5.41 Å². The summed E-state index contributed by atoms with van der Waals surface area (Å²) >= 11 is 0. The molecule has 0 bridgehead atoms. The number of nitrogens with two attached hydrogens (primary N) is 1. The lowest BCUT2D eigenvalue weighted by atomic mass is 9.70. The Hall–Kier alpha value is -4.01. The van der Waals surface area contributed by atoms with E-state index < -0.39 is 110 Å². The molecule has 2 saturated heterocycles. The molecule has 250 valence electrons. The van der Waals surface area contributed by atoms with E-state index >= 15 is 0 Å². The number of sulfone groups is 1.